The molecule has 1 heterocycles. The summed E-state index contributed by atoms with van der Waals surface area (Å²) in [6, 6.07) is 10.7. The molecule has 0 saturated heterocycles. The highest BCUT2D eigenvalue weighted by molar-refractivity contribution is 6.36. The highest BCUT2D eigenvalue weighted by atomic mass is 16.5. The predicted octanol–water partition coefficient (Wildman–Crippen LogP) is 2.37. The molecule has 0 bridgehead atoms. The number of carbonyl (C=O) groups excluding carboxylic acids is 4. The van der Waals surface area contributed by atoms with Gasteiger partial charge in [0.1, 0.15) is 5.75 Å². The quantitative estimate of drug-likeness (QED) is 0.527. The third-order valence-electron chi connectivity index (χ3n) is 3.58. The maximum absolute atomic E-state index is 12.7. The summed E-state index contributed by atoms with van der Waals surface area (Å²) < 4.78 is 4.94. The van der Waals surface area contributed by atoms with Crippen LogP contribution in [0.4, 0.5) is 11.4 Å². The molecule has 0 aromatic heterocycles. The minimum Gasteiger partial charge on any atom is -0.427 e. The molecule has 2 aromatic carbocycles. The van der Waals surface area contributed by atoms with Crippen molar-refractivity contribution in [1.29, 1.82) is 0 Å². The molecule has 25 heavy (non-hydrogen) atoms. The fourth-order valence-corrected chi connectivity index (χ4v) is 2.64. The molecule has 0 saturated carbocycles. The summed E-state index contributed by atoms with van der Waals surface area (Å²) >= 11 is 0. The summed E-state index contributed by atoms with van der Waals surface area (Å²) in [5.41, 5.74) is 1.02. The SMILES string of the molecule is CC(=O)Nc1cccc2c1C(=O)N(c1ccc(OC(C)=O)cc1)C2=O. The third kappa shape index (κ3) is 2.99. The number of benzene rings is 2. The van der Waals surface area contributed by atoms with Crippen LogP contribution < -0.4 is 15.0 Å². The first kappa shape index (κ1) is 16.4. The Balaban J connectivity index is 1.97. The molecule has 1 N–H and O–H groups in total. The van der Waals surface area contributed by atoms with Gasteiger partial charge in [-0.25, -0.2) is 4.90 Å². The zero-order valence-corrected chi connectivity index (χ0v) is 13.5. The smallest absolute Gasteiger partial charge is 0.308 e. The summed E-state index contributed by atoms with van der Waals surface area (Å²) in [4.78, 5) is 48.7. The number of hydrogen-bond donors (Lipinski definition) is 1. The predicted molar refractivity (Wildman–Crippen MR) is 89.6 cm³/mol. The zero-order chi connectivity index (χ0) is 18.1. The minimum absolute atomic E-state index is 0.159. The van der Waals surface area contributed by atoms with Crippen molar-refractivity contribution < 1.29 is 23.9 Å². The summed E-state index contributed by atoms with van der Waals surface area (Å²) in [6.45, 7) is 2.60. The van der Waals surface area contributed by atoms with Crippen molar-refractivity contribution in [2.75, 3.05) is 10.2 Å². The third-order valence-corrected chi connectivity index (χ3v) is 3.58. The monoisotopic (exact) mass is 338 g/mol. The van der Waals surface area contributed by atoms with Crippen LogP contribution in [0, 0.1) is 0 Å². The maximum Gasteiger partial charge on any atom is 0.308 e. The highest BCUT2D eigenvalue weighted by Crippen LogP contribution is 2.33. The molecule has 1 aliphatic rings. The van der Waals surface area contributed by atoms with Gasteiger partial charge in [-0.05, 0) is 36.4 Å². The van der Waals surface area contributed by atoms with E-state index in [1.165, 1.54) is 44.2 Å². The van der Waals surface area contributed by atoms with Crippen molar-refractivity contribution in [1.82, 2.24) is 0 Å². The number of amides is 3. The number of nitrogens with one attached hydrogen (secondary N) is 1. The Morgan fingerprint density at radius 1 is 0.960 bits per heavy atom. The van der Waals surface area contributed by atoms with E-state index in [1.807, 2.05) is 0 Å². The van der Waals surface area contributed by atoms with Crippen LogP contribution in [-0.4, -0.2) is 23.7 Å². The summed E-state index contributed by atoms with van der Waals surface area (Å²) in [5, 5.41) is 2.56. The van der Waals surface area contributed by atoms with Crippen molar-refractivity contribution >= 4 is 35.1 Å². The van der Waals surface area contributed by atoms with Gasteiger partial charge in [-0.15, -0.1) is 0 Å². The van der Waals surface area contributed by atoms with E-state index < -0.39 is 17.8 Å². The molecule has 0 radical (unpaired) electrons. The minimum atomic E-state index is -0.524. The van der Waals surface area contributed by atoms with Gasteiger partial charge in [0.25, 0.3) is 11.8 Å². The lowest BCUT2D eigenvalue weighted by Crippen LogP contribution is -2.29. The second-order valence-electron chi connectivity index (χ2n) is 5.44. The van der Waals surface area contributed by atoms with Gasteiger partial charge < -0.3 is 10.1 Å². The Bertz CT molecular complexity index is 902. The van der Waals surface area contributed by atoms with Crippen LogP contribution in [0.25, 0.3) is 0 Å². The van der Waals surface area contributed by atoms with Gasteiger partial charge >= 0.3 is 5.97 Å². The van der Waals surface area contributed by atoms with E-state index in [1.54, 1.807) is 12.1 Å². The van der Waals surface area contributed by atoms with Crippen molar-refractivity contribution in [3.05, 3.63) is 53.6 Å². The largest absolute Gasteiger partial charge is 0.427 e. The van der Waals surface area contributed by atoms with E-state index in [4.69, 9.17) is 4.74 Å². The van der Waals surface area contributed by atoms with Gasteiger partial charge in [0, 0.05) is 13.8 Å². The second-order valence-corrected chi connectivity index (χ2v) is 5.44. The van der Waals surface area contributed by atoms with E-state index in [2.05, 4.69) is 5.32 Å². The molecule has 0 atom stereocenters. The number of fused-ring (bicyclic) bond motifs is 1. The van der Waals surface area contributed by atoms with Gasteiger partial charge in [0.15, 0.2) is 0 Å². The summed E-state index contributed by atoms with van der Waals surface area (Å²) in [6.07, 6.45) is 0. The molecule has 3 amide bonds. The summed E-state index contributed by atoms with van der Waals surface area (Å²) in [5.74, 6) is -1.49. The molecule has 0 unspecified atom stereocenters. The van der Waals surface area contributed by atoms with E-state index in [-0.39, 0.29) is 17.0 Å². The number of esters is 1. The van der Waals surface area contributed by atoms with Gasteiger partial charge in [0.05, 0.1) is 22.5 Å². The van der Waals surface area contributed by atoms with E-state index >= 15 is 0 Å². The Hall–Kier alpha value is -3.48. The van der Waals surface area contributed by atoms with E-state index in [0.29, 0.717) is 17.1 Å². The fourth-order valence-electron chi connectivity index (χ4n) is 2.64. The number of nitrogens with zero attached hydrogens (tertiary/aromatic N) is 1. The number of ether oxygens (including phenoxy) is 1. The average Bonchev–Trinajstić information content (AvgIpc) is 2.80. The first-order valence-corrected chi connectivity index (χ1v) is 7.46. The van der Waals surface area contributed by atoms with Crippen LogP contribution in [0.15, 0.2) is 42.5 Å². The van der Waals surface area contributed by atoms with Crippen LogP contribution in [0.2, 0.25) is 0 Å². The second kappa shape index (κ2) is 6.20. The number of imide groups is 1. The van der Waals surface area contributed by atoms with Gasteiger partial charge in [-0.2, -0.15) is 0 Å². The number of anilines is 2. The van der Waals surface area contributed by atoms with E-state index in [9.17, 15) is 19.2 Å². The van der Waals surface area contributed by atoms with Crippen molar-refractivity contribution in [2.24, 2.45) is 0 Å². The van der Waals surface area contributed by atoms with Gasteiger partial charge in [-0.1, -0.05) is 6.07 Å². The number of rotatable bonds is 3. The molecular formula is C18H14N2O5. The molecule has 7 heteroatoms. The van der Waals surface area contributed by atoms with E-state index in [0.717, 1.165) is 4.90 Å². The van der Waals surface area contributed by atoms with Crippen LogP contribution in [0.1, 0.15) is 34.6 Å². The Labute approximate surface area is 143 Å². The lowest BCUT2D eigenvalue weighted by molar-refractivity contribution is -0.131. The number of hydrogen-bond acceptors (Lipinski definition) is 5. The number of carbonyl (C=O) groups is 4. The average molecular weight is 338 g/mol. The van der Waals surface area contributed by atoms with Crippen molar-refractivity contribution in [3.8, 4) is 5.75 Å². The van der Waals surface area contributed by atoms with Crippen molar-refractivity contribution in [2.45, 2.75) is 13.8 Å². The molecule has 0 fully saturated rings. The van der Waals surface area contributed by atoms with Crippen LogP contribution in [-0.2, 0) is 9.59 Å². The lowest BCUT2D eigenvalue weighted by Gasteiger charge is -2.14. The van der Waals surface area contributed by atoms with Crippen molar-refractivity contribution in [3.63, 3.8) is 0 Å². The Morgan fingerprint density at radius 2 is 1.64 bits per heavy atom. The highest BCUT2D eigenvalue weighted by Gasteiger charge is 2.38. The summed E-state index contributed by atoms with van der Waals surface area (Å²) in [7, 11) is 0. The first-order valence-electron chi connectivity index (χ1n) is 7.46. The van der Waals surface area contributed by atoms with Crippen LogP contribution in [0.5, 0.6) is 5.75 Å². The Kier molecular flexibility index (Phi) is 4.06. The Morgan fingerprint density at radius 3 is 2.24 bits per heavy atom. The van der Waals surface area contributed by atoms with Gasteiger partial charge in [-0.3, -0.25) is 19.2 Å². The van der Waals surface area contributed by atoms with Crippen LogP contribution >= 0.6 is 0 Å². The molecule has 0 spiro atoms. The molecule has 1 aliphatic heterocycles. The molecule has 3 rings (SSSR count). The topological polar surface area (TPSA) is 92.8 Å². The van der Waals surface area contributed by atoms with Crippen LogP contribution in [0.3, 0.4) is 0 Å². The first-order chi connectivity index (χ1) is 11.9. The fraction of sp³-hybridized carbons (Fsp3) is 0.111. The zero-order valence-electron chi connectivity index (χ0n) is 13.5. The normalized spacial score (nSPS) is 12.8. The lowest BCUT2D eigenvalue weighted by atomic mass is 10.1. The molecular weight excluding hydrogens is 324 g/mol. The maximum atomic E-state index is 12.7. The standard InChI is InChI=1S/C18H14N2O5/c1-10(21)19-15-5-3-4-14-16(15)18(24)20(17(14)23)12-6-8-13(9-7-12)25-11(2)22/h3-9H,1-2H3,(H,19,21). The molecule has 0 aliphatic carbocycles. The van der Waals surface area contributed by atoms with Gasteiger partial charge in [0.2, 0.25) is 5.91 Å². The molecule has 126 valence electrons. The molecule has 7 nitrogen and oxygen atoms in total. The molecule has 2 aromatic rings.